The number of aryl methyl sites for hydroxylation is 1. The number of carboxylic acids is 1. The zero-order chi connectivity index (χ0) is 15.3. The minimum absolute atomic E-state index is 0.0294. The summed E-state index contributed by atoms with van der Waals surface area (Å²) in [6, 6.07) is 2.37. The van der Waals surface area contributed by atoms with Gasteiger partial charge in [0.2, 0.25) is 0 Å². The summed E-state index contributed by atoms with van der Waals surface area (Å²) in [4.78, 5) is 33.2. The first-order chi connectivity index (χ1) is 9.38. The van der Waals surface area contributed by atoms with Gasteiger partial charge in [0, 0.05) is 6.07 Å². The van der Waals surface area contributed by atoms with E-state index in [0.29, 0.717) is 0 Å². The van der Waals surface area contributed by atoms with Crippen LogP contribution in [0.5, 0.6) is 11.5 Å². The second-order valence-electron chi connectivity index (χ2n) is 3.53. The summed E-state index contributed by atoms with van der Waals surface area (Å²) >= 11 is 0. The molecule has 0 bridgehead atoms. The van der Waals surface area contributed by atoms with Crippen molar-refractivity contribution in [1.29, 1.82) is 0 Å². The van der Waals surface area contributed by atoms with Crippen LogP contribution in [-0.2, 0) is 9.47 Å². The SMILES string of the molecule is COC(=O)Oc1cc(C)c(C(=O)O)c(OC(=O)OC)c1. The number of benzene rings is 1. The van der Waals surface area contributed by atoms with Crippen molar-refractivity contribution >= 4 is 18.3 Å². The lowest BCUT2D eigenvalue weighted by Gasteiger charge is -2.11. The molecule has 0 aromatic heterocycles. The lowest BCUT2D eigenvalue weighted by molar-refractivity contribution is 0.0691. The van der Waals surface area contributed by atoms with E-state index in [2.05, 4.69) is 9.47 Å². The van der Waals surface area contributed by atoms with Crippen molar-refractivity contribution in [1.82, 2.24) is 0 Å². The van der Waals surface area contributed by atoms with Crippen LogP contribution in [0.25, 0.3) is 0 Å². The normalized spacial score (nSPS) is 9.55. The number of aromatic carboxylic acids is 1. The summed E-state index contributed by atoms with van der Waals surface area (Å²) in [5.74, 6) is -1.63. The third-order valence-corrected chi connectivity index (χ3v) is 2.21. The Morgan fingerprint density at radius 3 is 2.05 bits per heavy atom. The topological polar surface area (TPSA) is 108 Å². The van der Waals surface area contributed by atoms with Gasteiger partial charge in [-0.2, -0.15) is 0 Å². The fourth-order valence-corrected chi connectivity index (χ4v) is 1.41. The molecule has 0 unspecified atom stereocenters. The number of rotatable bonds is 3. The Balaban J connectivity index is 3.24. The molecule has 8 nitrogen and oxygen atoms in total. The van der Waals surface area contributed by atoms with E-state index >= 15 is 0 Å². The number of carboxylic acid groups (broad SMARTS) is 1. The Hall–Kier alpha value is -2.77. The molecule has 0 amide bonds. The zero-order valence-electron chi connectivity index (χ0n) is 11.0. The van der Waals surface area contributed by atoms with Crippen LogP contribution in [0, 0.1) is 6.92 Å². The molecule has 0 aliphatic carbocycles. The number of methoxy groups -OCH3 is 2. The van der Waals surface area contributed by atoms with Crippen molar-refractivity contribution in [3.05, 3.63) is 23.3 Å². The molecule has 0 saturated heterocycles. The summed E-state index contributed by atoms with van der Waals surface area (Å²) in [5, 5.41) is 9.09. The Kier molecular flexibility index (Phi) is 4.90. The van der Waals surface area contributed by atoms with Crippen molar-refractivity contribution in [2.75, 3.05) is 14.2 Å². The molecule has 0 spiro atoms. The average molecular weight is 284 g/mol. The van der Waals surface area contributed by atoms with Crippen LogP contribution < -0.4 is 9.47 Å². The molecule has 0 heterocycles. The highest BCUT2D eigenvalue weighted by Gasteiger charge is 2.20. The van der Waals surface area contributed by atoms with Crippen molar-refractivity contribution in [3.8, 4) is 11.5 Å². The molecule has 8 heteroatoms. The smallest absolute Gasteiger partial charge is 0.478 e. The first-order valence-electron chi connectivity index (χ1n) is 5.28. The number of carbonyl (C=O) groups is 3. The van der Waals surface area contributed by atoms with E-state index in [-0.39, 0.29) is 22.6 Å². The molecule has 1 rings (SSSR count). The van der Waals surface area contributed by atoms with Gasteiger partial charge in [-0.1, -0.05) is 0 Å². The Bertz CT molecular complexity index is 549. The van der Waals surface area contributed by atoms with E-state index in [1.807, 2.05) is 0 Å². The maximum atomic E-state index is 11.1. The first-order valence-corrected chi connectivity index (χ1v) is 5.28. The molecule has 0 atom stereocenters. The highest BCUT2D eigenvalue weighted by Crippen LogP contribution is 2.29. The highest BCUT2D eigenvalue weighted by atomic mass is 16.7. The summed E-state index contributed by atoms with van der Waals surface area (Å²) in [7, 11) is 2.19. The van der Waals surface area contributed by atoms with Crippen LogP contribution in [0.15, 0.2) is 12.1 Å². The van der Waals surface area contributed by atoms with Crippen LogP contribution in [0.1, 0.15) is 15.9 Å². The lowest BCUT2D eigenvalue weighted by Crippen LogP contribution is -2.13. The summed E-state index contributed by atoms with van der Waals surface area (Å²) in [6.45, 7) is 1.46. The minimum Gasteiger partial charge on any atom is -0.478 e. The number of hydrogen-bond donors (Lipinski definition) is 1. The monoisotopic (exact) mass is 284 g/mol. The third-order valence-electron chi connectivity index (χ3n) is 2.21. The number of ether oxygens (including phenoxy) is 4. The van der Waals surface area contributed by atoms with E-state index in [1.165, 1.54) is 13.0 Å². The van der Waals surface area contributed by atoms with Crippen LogP contribution in [-0.4, -0.2) is 37.6 Å². The van der Waals surface area contributed by atoms with Crippen molar-refractivity contribution in [3.63, 3.8) is 0 Å². The van der Waals surface area contributed by atoms with Gasteiger partial charge in [0.25, 0.3) is 0 Å². The fourth-order valence-electron chi connectivity index (χ4n) is 1.41. The lowest BCUT2D eigenvalue weighted by atomic mass is 10.1. The largest absolute Gasteiger partial charge is 0.513 e. The minimum atomic E-state index is -1.30. The molecule has 1 aromatic carbocycles. The molecule has 108 valence electrons. The standard InChI is InChI=1S/C12H12O8/c1-6-4-7(19-11(15)17-2)5-8(9(6)10(13)14)20-12(16)18-3/h4-5H,1-3H3,(H,13,14). The van der Waals surface area contributed by atoms with Gasteiger partial charge in [0.15, 0.2) is 5.75 Å². The van der Waals surface area contributed by atoms with Gasteiger partial charge in [0.1, 0.15) is 11.3 Å². The maximum Gasteiger partial charge on any atom is 0.513 e. The fraction of sp³-hybridized carbons (Fsp3) is 0.250. The molecule has 0 saturated carbocycles. The van der Waals surface area contributed by atoms with Gasteiger partial charge >= 0.3 is 18.3 Å². The average Bonchev–Trinajstić information content (AvgIpc) is 2.37. The Morgan fingerprint density at radius 2 is 1.55 bits per heavy atom. The quantitative estimate of drug-likeness (QED) is 0.663. The van der Waals surface area contributed by atoms with Crippen LogP contribution in [0.3, 0.4) is 0 Å². The molecule has 1 N–H and O–H groups in total. The van der Waals surface area contributed by atoms with E-state index < -0.39 is 18.3 Å². The van der Waals surface area contributed by atoms with Gasteiger partial charge < -0.3 is 24.1 Å². The first kappa shape index (κ1) is 15.3. The molecular weight excluding hydrogens is 272 g/mol. The van der Waals surface area contributed by atoms with Gasteiger partial charge in [-0.3, -0.25) is 0 Å². The second kappa shape index (κ2) is 6.41. The van der Waals surface area contributed by atoms with Gasteiger partial charge in [-0.05, 0) is 18.6 Å². The molecule has 20 heavy (non-hydrogen) atoms. The number of hydrogen-bond acceptors (Lipinski definition) is 7. The Labute approximate surface area is 113 Å². The van der Waals surface area contributed by atoms with E-state index in [0.717, 1.165) is 20.3 Å². The van der Waals surface area contributed by atoms with Crippen molar-refractivity contribution in [2.45, 2.75) is 6.92 Å². The van der Waals surface area contributed by atoms with E-state index in [1.54, 1.807) is 0 Å². The molecule has 0 fully saturated rings. The van der Waals surface area contributed by atoms with Crippen LogP contribution >= 0.6 is 0 Å². The highest BCUT2D eigenvalue weighted by molar-refractivity contribution is 5.93. The summed E-state index contributed by atoms with van der Waals surface area (Å²) in [6.07, 6.45) is -2.08. The maximum absolute atomic E-state index is 11.1. The Morgan fingerprint density at radius 1 is 1.00 bits per heavy atom. The third kappa shape index (κ3) is 3.61. The molecule has 0 aliphatic heterocycles. The summed E-state index contributed by atoms with van der Waals surface area (Å²) < 4.78 is 18.1. The van der Waals surface area contributed by atoms with Gasteiger partial charge in [-0.15, -0.1) is 0 Å². The zero-order valence-corrected chi connectivity index (χ0v) is 11.0. The predicted molar refractivity (Wildman–Crippen MR) is 64.2 cm³/mol. The van der Waals surface area contributed by atoms with Crippen molar-refractivity contribution < 1.29 is 38.4 Å². The van der Waals surface area contributed by atoms with Crippen LogP contribution in [0.4, 0.5) is 9.59 Å². The van der Waals surface area contributed by atoms with Gasteiger partial charge in [-0.25, -0.2) is 14.4 Å². The predicted octanol–water partition coefficient (Wildman–Crippen LogP) is 1.98. The molecule has 1 aromatic rings. The number of carbonyl (C=O) groups excluding carboxylic acids is 2. The van der Waals surface area contributed by atoms with E-state index in [4.69, 9.17) is 14.6 Å². The van der Waals surface area contributed by atoms with Gasteiger partial charge in [0.05, 0.1) is 14.2 Å². The molecule has 0 aliphatic rings. The van der Waals surface area contributed by atoms with Crippen molar-refractivity contribution in [2.24, 2.45) is 0 Å². The van der Waals surface area contributed by atoms with Crippen LogP contribution in [0.2, 0.25) is 0 Å². The molecule has 0 radical (unpaired) electrons. The van der Waals surface area contributed by atoms with E-state index in [9.17, 15) is 14.4 Å². The molecular formula is C12H12O8. The second-order valence-corrected chi connectivity index (χ2v) is 3.53. The summed E-state index contributed by atoms with van der Waals surface area (Å²) in [5.41, 5.74) is -0.00887.